The SMILES string of the molecule is CC1(C)OC(=O)Nc2cc([N+](=O)[O-])c(NC(=O)Cc3ccccc3)cc21. The fourth-order valence-corrected chi connectivity index (χ4v) is 2.84. The van der Waals surface area contributed by atoms with Gasteiger partial charge < -0.3 is 10.1 Å². The van der Waals surface area contributed by atoms with Gasteiger partial charge in [0.2, 0.25) is 5.91 Å². The van der Waals surface area contributed by atoms with Gasteiger partial charge in [-0.1, -0.05) is 30.3 Å². The van der Waals surface area contributed by atoms with E-state index in [1.54, 1.807) is 26.0 Å². The lowest BCUT2D eigenvalue weighted by Gasteiger charge is -2.32. The van der Waals surface area contributed by atoms with Gasteiger partial charge in [0.15, 0.2) is 0 Å². The van der Waals surface area contributed by atoms with Gasteiger partial charge in [-0.25, -0.2) is 4.79 Å². The Bertz CT molecular complexity index is 893. The molecule has 0 radical (unpaired) electrons. The summed E-state index contributed by atoms with van der Waals surface area (Å²) in [7, 11) is 0. The molecule has 8 nitrogen and oxygen atoms in total. The van der Waals surface area contributed by atoms with Crippen LogP contribution in [0.1, 0.15) is 25.0 Å². The van der Waals surface area contributed by atoms with Crippen LogP contribution in [0.15, 0.2) is 42.5 Å². The van der Waals surface area contributed by atoms with Crippen molar-refractivity contribution < 1.29 is 19.2 Å². The number of anilines is 2. The number of hydrogen-bond acceptors (Lipinski definition) is 5. The summed E-state index contributed by atoms with van der Waals surface area (Å²) >= 11 is 0. The van der Waals surface area contributed by atoms with Crippen LogP contribution in [-0.2, 0) is 21.6 Å². The Morgan fingerprint density at radius 3 is 2.62 bits per heavy atom. The number of carbonyl (C=O) groups is 2. The van der Waals surface area contributed by atoms with Crippen LogP contribution in [0, 0.1) is 10.1 Å². The molecule has 2 amide bonds. The van der Waals surface area contributed by atoms with Crippen molar-refractivity contribution in [1.29, 1.82) is 0 Å². The van der Waals surface area contributed by atoms with Crippen LogP contribution in [0.2, 0.25) is 0 Å². The Labute approximate surface area is 149 Å². The van der Waals surface area contributed by atoms with E-state index >= 15 is 0 Å². The molecular weight excluding hydrogens is 338 g/mol. The predicted molar refractivity (Wildman–Crippen MR) is 95.0 cm³/mol. The van der Waals surface area contributed by atoms with Crippen LogP contribution < -0.4 is 10.6 Å². The average Bonchev–Trinajstić information content (AvgIpc) is 2.55. The van der Waals surface area contributed by atoms with Crippen molar-refractivity contribution in [2.75, 3.05) is 10.6 Å². The van der Waals surface area contributed by atoms with E-state index < -0.39 is 16.6 Å². The molecule has 0 bridgehead atoms. The number of nitrogens with zero attached hydrogens (tertiary/aromatic N) is 1. The maximum atomic E-state index is 12.3. The molecule has 0 aromatic heterocycles. The van der Waals surface area contributed by atoms with E-state index in [4.69, 9.17) is 4.74 Å². The van der Waals surface area contributed by atoms with E-state index in [-0.39, 0.29) is 23.7 Å². The molecule has 3 rings (SSSR count). The van der Waals surface area contributed by atoms with Crippen molar-refractivity contribution in [3.8, 4) is 0 Å². The number of hydrogen-bond donors (Lipinski definition) is 2. The Morgan fingerprint density at radius 2 is 1.96 bits per heavy atom. The summed E-state index contributed by atoms with van der Waals surface area (Å²) < 4.78 is 5.22. The molecule has 1 aliphatic heterocycles. The van der Waals surface area contributed by atoms with Crippen molar-refractivity contribution in [3.05, 3.63) is 63.7 Å². The van der Waals surface area contributed by atoms with Gasteiger partial charge in [0, 0.05) is 11.6 Å². The van der Waals surface area contributed by atoms with Gasteiger partial charge in [0.1, 0.15) is 11.3 Å². The Hall–Kier alpha value is -3.42. The van der Waals surface area contributed by atoms with Gasteiger partial charge in [-0.2, -0.15) is 0 Å². The molecule has 2 aromatic carbocycles. The predicted octanol–water partition coefficient (Wildman–Crippen LogP) is 3.57. The maximum Gasteiger partial charge on any atom is 0.412 e. The summed E-state index contributed by atoms with van der Waals surface area (Å²) in [6.45, 7) is 3.35. The number of nitro groups is 1. The standard InChI is InChI=1S/C18H17N3O5/c1-18(2)12-9-14(19-16(22)8-11-6-4-3-5-7-11)15(21(24)25)10-13(12)20-17(23)26-18/h3-7,9-10H,8H2,1-2H3,(H,19,22)(H,20,23). The molecule has 1 aliphatic rings. The van der Waals surface area contributed by atoms with Crippen molar-refractivity contribution in [2.45, 2.75) is 25.9 Å². The van der Waals surface area contributed by atoms with Crippen LogP contribution in [0.3, 0.4) is 0 Å². The summed E-state index contributed by atoms with van der Waals surface area (Å²) in [5.74, 6) is -0.377. The Morgan fingerprint density at radius 1 is 1.27 bits per heavy atom. The normalized spacial score (nSPS) is 14.6. The molecule has 2 aromatic rings. The van der Waals surface area contributed by atoms with Crippen molar-refractivity contribution in [3.63, 3.8) is 0 Å². The number of ether oxygens (including phenoxy) is 1. The first-order valence-electron chi connectivity index (χ1n) is 7.93. The number of fused-ring (bicyclic) bond motifs is 1. The highest BCUT2D eigenvalue weighted by Gasteiger charge is 2.36. The van der Waals surface area contributed by atoms with Crippen molar-refractivity contribution >= 4 is 29.1 Å². The van der Waals surface area contributed by atoms with Crippen LogP contribution in [-0.4, -0.2) is 16.9 Å². The van der Waals surface area contributed by atoms with E-state index in [9.17, 15) is 19.7 Å². The average molecular weight is 355 g/mol. The molecule has 0 aliphatic carbocycles. The first kappa shape index (κ1) is 17.4. The number of benzene rings is 2. The van der Waals surface area contributed by atoms with Crippen LogP contribution in [0.25, 0.3) is 0 Å². The fourth-order valence-electron chi connectivity index (χ4n) is 2.84. The number of rotatable bonds is 4. The van der Waals surface area contributed by atoms with Gasteiger partial charge >= 0.3 is 6.09 Å². The van der Waals surface area contributed by atoms with E-state index in [0.717, 1.165) is 5.56 Å². The number of nitrogens with one attached hydrogen (secondary N) is 2. The number of amides is 2. The molecule has 26 heavy (non-hydrogen) atoms. The highest BCUT2D eigenvalue weighted by Crippen LogP contribution is 2.41. The first-order chi connectivity index (χ1) is 12.3. The molecule has 0 atom stereocenters. The van der Waals surface area contributed by atoms with Crippen LogP contribution >= 0.6 is 0 Å². The second kappa shape index (κ2) is 6.47. The summed E-state index contributed by atoms with van der Waals surface area (Å²) in [6, 6.07) is 11.8. The molecule has 0 unspecified atom stereocenters. The topological polar surface area (TPSA) is 111 Å². The van der Waals surface area contributed by atoms with Gasteiger partial charge in [0.05, 0.1) is 17.0 Å². The lowest BCUT2D eigenvalue weighted by Crippen LogP contribution is -2.35. The monoisotopic (exact) mass is 355 g/mol. The molecular formula is C18H17N3O5. The second-order valence-electron chi connectivity index (χ2n) is 6.41. The molecule has 0 saturated carbocycles. The fraction of sp³-hybridized carbons (Fsp3) is 0.222. The van der Waals surface area contributed by atoms with Crippen LogP contribution in [0.5, 0.6) is 0 Å². The highest BCUT2D eigenvalue weighted by molar-refractivity contribution is 5.97. The summed E-state index contributed by atoms with van der Waals surface area (Å²) in [5.41, 5.74) is 0.398. The third-order valence-electron chi connectivity index (χ3n) is 4.05. The van der Waals surface area contributed by atoms with Gasteiger partial charge in [-0.15, -0.1) is 0 Å². The number of nitro benzene ring substituents is 1. The van der Waals surface area contributed by atoms with Gasteiger partial charge in [0.25, 0.3) is 5.69 Å². The summed E-state index contributed by atoms with van der Waals surface area (Å²) in [5, 5.41) is 16.4. The van der Waals surface area contributed by atoms with E-state index in [1.165, 1.54) is 12.1 Å². The first-order valence-corrected chi connectivity index (χ1v) is 7.93. The summed E-state index contributed by atoms with van der Waals surface area (Å²) in [4.78, 5) is 34.7. The molecule has 2 N–H and O–H groups in total. The molecule has 0 saturated heterocycles. The zero-order valence-electron chi connectivity index (χ0n) is 14.2. The van der Waals surface area contributed by atoms with Crippen LogP contribution in [0.4, 0.5) is 21.9 Å². The van der Waals surface area contributed by atoms with E-state index in [2.05, 4.69) is 10.6 Å². The van der Waals surface area contributed by atoms with Gasteiger partial charge in [-0.05, 0) is 25.5 Å². The minimum Gasteiger partial charge on any atom is -0.438 e. The molecule has 134 valence electrons. The largest absolute Gasteiger partial charge is 0.438 e. The Balaban J connectivity index is 1.94. The molecule has 8 heteroatoms. The van der Waals surface area contributed by atoms with Crippen molar-refractivity contribution in [2.24, 2.45) is 0 Å². The number of carbonyl (C=O) groups excluding carboxylic acids is 2. The lowest BCUT2D eigenvalue weighted by molar-refractivity contribution is -0.383. The summed E-state index contributed by atoms with van der Waals surface area (Å²) in [6.07, 6.45) is -0.594. The van der Waals surface area contributed by atoms with E-state index in [1.807, 2.05) is 18.2 Å². The molecule has 1 heterocycles. The zero-order valence-corrected chi connectivity index (χ0v) is 14.2. The zero-order chi connectivity index (χ0) is 18.9. The quantitative estimate of drug-likeness (QED) is 0.643. The number of cyclic esters (lactones) is 1. The maximum absolute atomic E-state index is 12.3. The van der Waals surface area contributed by atoms with Crippen molar-refractivity contribution in [1.82, 2.24) is 0 Å². The second-order valence-corrected chi connectivity index (χ2v) is 6.41. The Kier molecular flexibility index (Phi) is 4.33. The highest BCUT2D eigenvalue weighted by atomic mass is 16.6. The lowest BCUT2D eigenvalue weighted by atomic mass is 9.93. The molecule has 0 spiro atoms. The van der Waals surface area contributed by atoms with E-state index in [0.29, 0.717) is 11.3 Å². The third-order valence-corrected chi connectivity index (χ3v) is 4.05. The smallest absolute Gasteiger partial charge is 0.412 e. The molecule has 0 fully saturated rings. The minimum absolute atomic E-state index is 0.0579. The van der Waals surface area contributed by atoms with Gasteiger partial charge in [-0.3, -0.25) is 20.2 Å². The third kappa shape index (κ3) is 3.49. The minimum atomic E-state index is -0.980.